The van der Waals surface area contributed by atoms with Crippen molar-refractivity contribution < 1.29 is 19.1 Å². The summed E-state index contributed by atoms with van der Waals surface area (Å²) in [4.78, 5) is 45.0. The molecule has 2 amide bonds. The van der Waals surface area contributed by atoms with Crippen LogP contribution < -0.4 is 25.7 Å². The molecule has 192 valence electrons. The quantitative estimate of drug-likeness (QED) is 0.318. The number of benzene rings is 2. The molecule has 0 aliphatic carbocycles. The number of rotatable bonds is 8. The second-order valence-corrected chi connectivity index (χ2v) is 9.58. The summed E-state index contributed by atoms with van der Waals surface area (Å²) in [6.07, 6.45) is 1.39. The number of anilines is 2. The molecule has 0 spiro atoms. The number of nitrogens with zero attached hydrogens (tertiary/aromatic N) is 2. The highest BCUT2D eigenvalue weighted by atomic mass is 35.5. The molecule has 0 radical (unpaired) electrons. The summed E-state index contributed by atoms with van der Waals surface area (Å²) < 4.78 is 11.8. The topological polar surface area (TPSA) is 111 Å². The lowest BCUT2D eigenvalue weighted by atomic mass is 10.2. The number of aromatic nitrogens is 2. The van der Waals surface area contributed by atoms with Gasteiger partial charge in [-0.25, -0.2) is 9.38 Å². The molecule has 2 heterocycles. The van der Waals surface area contributed by atoms with Gasteiger partial charge < -0.3 is 20.1 Å². The molecule has 2 aromatic carbocycles. The van der Waals surface area contributed by atoms with E-state index in [9.17, 15) is 14.4 Å². The molecule has 0 saturated heterocycles. The number of aryl methyl sites for hydroxylation is 2. The van der Waals surface area contributed by atoms with Gasteiger partial charge >= 0.3 is 0 Å². The summed E-state index contributed by atoms with van der Waals surface area (Å²) in [7, 11) is 2.97. The molecular weight excluding hydrogens is 516 g/mol. The molecule has 4 rings (SSSR count). The Kier molecular flexibility index (Phi) is 7.80. The van der Waals surface area contributed by atoms with Gasteiger partial charge in [0.1, 0.15) is 22.1 Å². The van der Waals surface area contributed by atoms with Crippen LogP contribution in [0.5, 0.6) is 11.5 Å². The maximum atomic E-state index is 13.6. The van der Waals surface area contributed by atoms with E-state index < -0.39 is 17.4 Å². The second-order valence-electron chi connectivity index (χ2n) is 8.17. The Bertz CT molecular complexity index is 1560. The van der Waals surface area contributed by atoms with Crippen LogP contribution >= 0.6 is 22.9 Å². The molecular formula is C26H25ClN4O5S. The molecule has 9 nitrogen and oxygen atoms in total. The lowest BCUT2D eigenvalue weighted by molar-refractivity contribution is 0.0989. The molecule has 0 aliphatic rings. The standard InChI is InChI=1S/C26H25ClN4O5S/c1-5-6-16-12-21(32)31-22(24(33)30-19-13-17(35-3)8-10-20(19)36-4)23(37-26(31)28-16)25(34)29-18-9-7-15(27)11-14(18)2/h7-13H,5-6H2,1-4H3,(H,29,34)(H,30,33). The van der Waals surface area contributed by atoms with Crippen LogP contribution in [0.2, 0.25) is 5.02 Å². The number of carbonyl (C=O) groups excluding carboxylic acids is 2. The monoisotopic (exact) mass is 540 g/mol. The van der Waals surface area contributed by atoms with E-state index in [1.165, 1.54) is 20.3 Å². The SMILES string of the molecule is CCCc1cc(=O)n2c(C(=O)Nc3cc(OC)ccc3OC)c(C(=O)Nc3ccc(Cl)cc3C)sc2n1. The van der Waals surface area contributed by atoms with Crippen LogP contribution in [0.4, 0.5) is 11.4 Å². The fourth-order valence-corrected chi connectivity index (χ4v) is 5.07. The summed E-state index contributed by atoms with van der Waals surface area (Å²) in [5, 5.41) is 6.10. The minimum Gasteiger partial charge on any atom is -0.497 e. The summed E-state index contributed by atoms with van der Waals surface area (Å²) in [5.74, 6) is -0.360. The molecule has 0 unspecified atom stereocenters. The van der Waals surface area contributed by atoms with Crippen molar-refractivity contribution in [3.63, 3.8) is 0 Å². The summed E-state index contributed by atoms with van der Waals surface area (Å²) in [5.41, 5.74) is 1.60. The van der Waals surface area contributed by atoms with Crippen molar-refractivity contribution in [3.05, 3.63) is 79.7 Å². The van der Waals surface area contributed by atoms with Crippen LogP contribution in [0, 0.1) is 6.92 Å². The van der Waals surface area contributed by atoms with E-state index in [-0.39, 0.29) is 15.5 Å². The number of carbonyl (C=O) groups is 2. The number of thiazole rings is 1. The van der Waals surface area contributed by atoms with Crippen LogP contribution in [0.25, 0.3) is 4.96 Å². The van der Waals surface area contributed by atoms with Crippen molar-refractivity contribution in [2.75, 3.05) is 24.9 Å². The zero-order valence-corrected chi connectivity index (χ0v) is 22.2. The Morgan fingerprint density at radius 2 is 1.78 bits per heavy atom. The predicted octanol–water partition coefficient (Wildman–Crippen LogP) is 5.19. The lowest BCUT2D eigenvalue weighted by Crippen LogP contribution is -2.25. The van der Waals surface area contributed by atoms with E-state index >= 15 is 0 Å². The number of fused-ring (bicyclic) bond motifs is 1. The van der Waals surface area contributed by atoms with Gasteiger partial charge in [0.15, 0.2) is 4.96 Å². The van der Waals surface area contributed by atoms with Gasteiger partial charge in [-0.15, -0.1) is 0 Å². The summed E-state index contributed by atoms with van der Waals surface area (Å²) >= 11 is 7.01. The molecule has 0 saturated carbocycles. The summed E-state index contributed by atoms with van der Waals surface area (Å²) in [6.45, 7) is 3.78. The predicted molar refractivity (Wildman–Crippen MR) is 145 cm³/mol. The Morgan fingerprint density at radius 3 is 2.46 bits per heavy atom. The lowest BCUT2D eigenvalue weighted by Gasteiger charge is -2.13. The van der Waals surface area contributed by atoms with Crippen LogP contribution in [-0.4, -0.2) is 35.4 Å². The smallest absolute Gasteiger partial charge is 0.274 e. The number of amides is 2. The molecule has 0 fully saturated rings. The number of nitrogens with one attached hydrogen (secondary N) is 2. The average Bonchev–Trinajstić information content (AvgIpc) is 3.26. The van der Waals surface area contributed by atoms with Crippen molar-refractivity contribution in [2.24, 2.45) is 0 Å². The van der Waals surface area contributed by atoms with Gasteiger partial charge in [0, 0.05) is 28.5 Å². The van der Waals surface area contributed by atoms with E-state index in [0.717, 1.165) is 27.7 Å². The number of hydrogen-bond donors (Lipinski definition) is 2. The fourth-order valence-electron chi connectivity index (χ4n) is 3.80. The third-order valence-electron chi connectivity index (χ3n) is 5.59. The van der Waals surface area contributed by atoms with Gasteiger partial charge in [-0.3, -0.25) is 14.4 Å². The van der Waals surface area contributed by atoms with E-state index in [1.54, 1.807) is 43.3 Å². The normalized spacial score (nSPS) is 10.8. The van der Waals surface area contributed by atoms with E-state index in [2.05, 4.69) is 15.6 Å². The maximum Gasteiger partial charge on any atom is 0.274 e. The Labute approximate surface area is 222 Å². The van der Waals surface area contributed by atoms with Gasteiger partial charge in [0.25, 0.3) is 17.4 Å². The van der Waals surface area contributed by atoms with Crippen molar-refractivity contribution in [2.45, 2.75) is 26.7 Å². The van der Waals surface area contributed by atoms with Crippen molar-refractivity contribution in [3.8, 4) is 11.5 Å². The van der Waals surface area contributed by atoms with Crippen molar-refractivity contribution >= 4 is 51.1 Å². The molecule has 11 heteroatoms. The van der Waals surface area contributed by atoms with Crippen LogP contribution in [-0.2, 0) is 6.42 Å². The Hall–Kier alpha value is -3.89. The Balaban J connectivity index is 1.83. The van der Waals surface area contributed by atoms with E-state index in [0.29, 0.717) is 40.0 Å². The molecule has 2 aromatic heterocycles. The molecule has 4 aromatic rings. The van der Waals surface area contributed by atoms with Gasteiger partial charge in [0.05, 0.1) is 19.9 Å². The highest BCUT2D eigenvalue weighted by Gasteiger charge is 2.27. The molecule has 0 bridgehead atoms. The minimum atomic E-state index is -0.678. The molecule has 2 N–H and O–H groups in total. The average molecular weight is 541 g/mol. The van der Waals surface area contributed by atoms with E-state index in [4.69, 9.17) is 21.1 Å². The van der Waals surface area contributed by atoms with Gasteiger partial charge in [-0.1, -0.05) is 36.3 Å². The number of methoxy groups -OCH3 is 2. The minimum absolute atomic E-state index is 0.0342. The molecule has 0 atom stereocenters. The molecule has 37 heavy (non-hydrogen) atoms. The van der Waals surface area contributed by atoms with Crippen molar-refractivity contribution in [1.29, 1.82) is 0 Å². The fraction of sp³-hybridized carbons (Fsp3) is 0.231. The van der Waals surface area contributed by atoms with Crippen LogP contribution in [0.1, 0.15) is 44.8 Å². The Morgan fingerprint density at radius 1 is 1.03 bits per heavy atom. The first kappa shape index (κ1) is 26.2. The first-order valence-corrected chi connectivity index (χ1v) is 12.6. The van der Waals surface area contributed by atoms with Gasteiger partial charge in [-0.2, -0.15) is 0 Å². The number of hydrogen-bond acceptors (Lipinski definition) is 7. The van der Waals surface area contributed by atoms with E-state index in [1.807, 2.05) is 6.92 Å². The zero-order valence-electron chi connectivity index (χ0n) is 20.7. The summed E-state index contributed by atoms with van der Waals surface area (Å²) in [6, 6.07) is 11.3. The first-order valence-electron chi connectivity index (χ1n) is 11.4. The maximum absolute atomic E-state index is 13.6. The largest absolute Gasteiger partial charge is 0.497 e. The third-order valence-corrected chi connectivity index (χ3v) is 6.87. The first-order chi connectivity index (χ1) is 17.7. The highest BCUT2D eigenvalue weighted by molar-refractivity contribution is 7.19. The number of ether oxygens (including phenoxy) is 2. The zero-order chi connectivity index (χ0) is 26.7. The van der Waals surface area contributed by atoms with Crippen molar-refractivity contribution in [1.82, 2.24) is 9.38 Å². The van der Waals surface area contributed by atoms with Gasteiger partial charge in [-0.05, 0) is 49.2 Å². The molecule has 0 aliphatic heterocycles. The van der Waals surface area contributed by atoms with Crippen LogP contribution in [0.15, 0.2) is 47.3 Å². The van der Waals surface area contributed by atoms with Crippen LogP contribution in [0.3, 0.4) is 0 Å². The highest BCUT2D eigenvalue weighted by Crippen LogP contribution is 2.31. The third kappa shape index (κ3) is 5.45. The number of halogens is 1. The van der Waals surface area contributed by atoms with Gasteiger partial charge in [0.2, 0.25) is 0 Å². The second kappa shape index (κ2) is 11.0.